The van der Waals surface area contributed by atoms with E-state index in [1.165, 1.54) is 6.33 Å². The Morgan fingerprint density at radius 3 is 2.84 bits per heavy atom. The third-order valence-electron chi connectivity index (χ3n) is 5.55. The first-order valence-corrected chi connectivity index (χ1v) is 11.0. The highest BCUT2D eigenvalue weighted by Crippen LogP contribution is 2.29. The van der Waals surface area contributed by atoms with Crippen molar-refractivity contribution < 1.29 is 9.90 Å². The van der Waals surface area contributed by atoms with Crippen molar-refractivity contribution in [3.8, 4) is 0 Å². The van der Waals surface area contributed by atoms with E-state index < -0.39 is 12.1 Å². The number of hydrogen-bond donors (Lipinski definition) is 3. The van der Waals surface area contributed by atoms with Gasteiger partial charge in [0.05, 0.1) is 17.7 Å². The second-order valence-corrected chi connectivity index (χ2v) is 8.85. The summed E-state index contributed by atoms with van der Waals surface area (Å²) in [6, 6.07) is 4.24. The molecule has 0 radical (unpaired) electrons. The van der Waals surface area contributed by atoms with Crippen LogP contribution in [0.25, 0.3) is 11.0 Å². The molecule has 1 aromatic carbocycles. The zero-order chi connectivity index (χ0) is 22.0. The van der Waals surface area contributed by atoms with E-state index in [0.29, 0.717) is 34.3 Å². The van der Waals surface area contributed by atoms with E-state index >= 15 is 0 Å². The minimum absolute atomic E-state index is 0.0471. The standard InChI is InChI=1S/C21H24Cl2N6O2/c1-12(30)19(27-16-7-14(22)6-15(23)8-16)18(31)5-13-3-2-4-29(10-13)21-17-9-26-28-20(17)24-11-25-21/h6-9,11-13,19,27,30H,2-5,10H2,1H3,(H,24,25,26,28)/t12-,13-,19+/m0/s1. The number of aromatic amines is 1. The number of anilines is 2. The lowest BCUT2D eigenvalue weighted by Crippen LogP contribution is -2.42. The first-order valence-electron chi connectivity index (χ1n) is 10.2. The molecule has 10 heteroatoms. The fourth-order valence-electron chi connectivity index (χ4n) is 4.13. The van der Waals surface area contributed by atoms with Crippen LogP contribution >= 0.6 is 23.2 Å². The maximum Gasteiger partial charge on any atom is 0.160 e. The number of Topliss-reactive ketones (excluding diaryl/α,β-unsaturated/α-hetero) is 1. The predicted molar refractivity (Wildman–Crippen MR) is 122 cm³/mol. The number of nitrogens with zero attached hydrogens (tertiary/aromatic N) is 4. The Morgan fingerprint density at radius 2 is 2.10 bits per heavy atom. The molecule has 31 heavy (non-hydrogen) atoms. The van der Waals surface area contributed by atoms with Gasteiger partial charge in [-0.3, -0.25) is 9.89 Å². The lowest BCUT2D eigenvalue weighted by molar-refractivity contribution is -0.122. The monoisotopic (exact) mass is 462 g/mol. The molecule has 0 amide bonds. The molecule has 4 rings (SSSR count). The van der Waals surface area contributed by atoms with Gasteiger partial charge in [0.2, 0.25) is 0 Å². The summed E-state index contributed by atoms with van der Waals surface area (Å²) >= 11 is 12.1. The van der Waals surface area contributed by atoms with Crippen LogP contribution in [0, 0.1) is 5.92 Å². The summed E-state index contributed by atoms with van der Waals surface area (Å²) in [4.78, 5) is 23.9. The quantitative estimate of drug-likeness (QED) is 0.491. The SMILES string of the molecule is C[C@H](O)[C@@H](Nc1cc(Cl)cc(Cl)c1)C(=O)C[C@@H]1CCCN(c2ncnc3[nH]ncc23)C1. The minimum Gasteiger partial charge on any atom is -0.391 e. The molecular formula is C21H24Cl2N6O2. The van der Waals surface area contributed by atoms with Gasteiger partial charge < -0.3 is 15.3 Å². The van der Waals surface area contributed by atoms with Gasteiger partial charge in [-0.15, -0.1) is 0 Å². The molecule has 1 aliphatic heterocycles. The number of aromatic nitrogens is 4. The minimum atomic E-state index is -0.864. The van der Waals surface area contributed by atoms with Crippen molar-refractivity contribution in [3.63, 3.8) is 0 Å². The van der Waals surface area contributed by atoms with Crippen molar-refractivity contribution in [1.29, 1.82) is 0 Å². The molecule has 3 N–H and O–H groups in total. The molecule has 3 aromatic rings. The summed E-state index contributed by atoms with van der Waals surface area (Å²) in [5.74, 6) is 0.938. The maximum absolute atomic E-state index is 13.1. The van der Waals surface area contributed by atoms with E-state index in [1.54, 1.807) is 31.3 Å². The van der Waals surface area contributed by atoms with Gasteiger partial charge >= 0.3 is 0 Å². The number of carbonyl (C=O) groups is 1. The second kappa shape index (κ2) is 9.38. The number of hydrogen-bond acceptors (Lipinski definition) is 7. The van der Waals surface area contributed by atoms with Crippen LogP contribution in [0.4, 0.5) is 11.5 Å². The summed E-state index contributed by atoms with van der Waals surface area (Å²) in [7, 11) is 0. The predicted octanol–water partition coefficient (Wildman–Crippen LogP) is 3.70. The van der Waals surface area contributed by atoms with Gasteiger partial charge in [0, 0.05) is 35.2 Å². The number of aliphatic hydroxyl groups is 1. The molecule has 0 bridgehead atoms. The number of benzene rings is 1. The number of ketones is 1. The van der Waals surface area contributed by atoms with Gasteiger partial charge in [-0.2, -0.15) is 5.10 Å². The van der Waals surface area contributed by atoms with Gasteiger partial charge in [-0.1, -0.05) is 23.2 Å². The molecule has 0 saturated carbocycles. The zero-order valence-electron chi connectivity index (χ0n) is 17.1. The van der Waals surface area contributed by atoms with Crippen molar-refractivity contribution in [2.24, 2.45) is 5.92 Å². The third kappa shape index (κ3) is 5.08. The summed E-state index contributed by atoms with van der Waals surface area (Å²) in [6.07, 6.45) is 4.64. The van der Waals surface area contributed by atoms with E-state index in [2.05, 4.69) is 30.4 Å². The molecule has 0 aliphatic carbocycles. The topological polar surface area (TPSA) is 107 Å². The fraction of sp³-hybridized carbons (Fsp3) is 0.429. The number of halogens is 2. The molecule has 1 fully saturated rings. The number of H-pyrrole nitrogens is 1. The Kier molecular flexibility index (Phi) is 6.60. The Balaban J connectivity index is 1.45. The van der Waals surface area contributed by atoms with E-state index in [9.17, 15) is 9.90 Å². The highest BCUT2D eigenvalue weighted by atomic mass is 35.5. The molecule has 0 unspecified atom stereocenters. The van der Waals surface area contributed by atoms with Crippen LogP contribution in [-0.2, 0) is 4.79 Å². The number of nitrogens with one attached hydrogen (secondary N) is 2. The van der Waals surface area contributed by atoms with E-state index in [-0.39, 0.29) is 11.7 Å². The molecule has 2 aromatic heterocycles. The number of aliphatic hydroxyl groups excluding tert-OH is 1. The Morgan fingerprint density at radius 1 is 1.32 bits per heavy atom. The van der Waals surface area contributed by atoms with E-state index in [0.717, 1.165) is 30.6 Å². The van der Waals surface area contributed by atoms with Crippen molar-refractivity contribution in [2.45, 2.75) is 38.3 Å². The first-order chi connectivity index (χ1) is 14.9. The zero-order valence-corrected chi connectivity index (χ0v) is 18.6. The van der Waals surface area contributed by atoms with Crippen molar-refractivity contribution in [2.75, 3.05) is 23.3 Å². The van der Waals surface area contributed by atoms with E-state index in [4.69, 9.17) is 23.2 Å². The average molecular weight is 463 g/mol. The lowest BCUT2D eigenvalue weighted by Gasteiger charge is -2.34. The average Bonchev–Trinajstić information content (AvgIpc) is 3.20. The fourth-order valence-corrected chi connectivity index (χ4v) is 4.65. The van der Waals surface area contributed by atoms with E-state index in [1.807, 2.05) is 0 Å². The van der Waals surface area contributed by atoms with Crippen LogP contribution in [0.1, 0.15) is 26.2 Å². The summed E-state index contributed by atoms with van der Waals surface area (Å²) in [5, 5.41) is 22.1. The van der Waals surface area contributed by atoms with Crippen molar-refractivity contribution >= 4 is 51.5 Å². The number of carbonyl (C=O) groups excluding carboxylic acids is 1. The van der Waals surface area contributed by atoms with Crippen LogP contribution in [0.15, 0.2) is 30.7 Å². The molecular weight excluding hydrogens is 439 g/mol. The third-order valence-corrected chi connectivity index (χ3v) is 5.99. The molecule has 3 heterocycles. The largest absolute Gasteiger partial charge is 0.391 e. The van der Waals surface area contributed by atoms with Crippen molar-refractivity contribution in [1.82, 2.24) is 20.2 Å². The molecule has 1 aliphatic rings. The van der Waals surface area contributed by atoms with Gasteiger partial charge in [0.25, 0.3) is 0 Å². The molecule has 0 spiro atoms. The van der Waals surface area contributed by atoms with Crippen molar-refractivity contribution in [3.05, 3.63) is 40.8 Å². The molecule has 164 valence electrons. The van der Waals surface area contributed by atoms with Crippen LogP contribution in [0.2, 0.25) is 10.0 Å². The maximum atomic E-state index is 13.1. The Hall–Kier alpha value is -2.42. The van der Waals surface area contributed by atoms with Crippen LogP contribution in [-0.4, -0.2) is 56.3 Å². The van der Waals surface area contributed by atoms with Gasteiger partial charge in [-0.25, -0.2) is 9.97 Å². The molecule has 3 atom stereocenters. The highest BCUT2D eigenvalue weighted by Gasteiger charge is 2.29. The van der Waals surface area contributed by atoms with Gasteiger partial charge in [0.15, 0.2) is 11.4 Å². The smallest absolute Gasteiger partial charge is 0.160 e. The van der Waals surface area contributed by atoms with Crippen LogP contribution in [0.5, 0.6) is 0 Å². The first kappa shape index (κ1) is 21.8. The van der Waals surface area contributed by atoms with Crippen LogP contribution < -0.4 is 10.2 Å². The van der Waals surface area contributed by atoms with Crippen LogP contribution in [0.3, 0.4) is 0 Å². The molecule has 1 saturated heterocycles. The number of piperidine rings is 1. The summed E-state index contributed by atoms with van der Waals surface area (Å²) in [6.45, 7) is 3.17. The molecule has 8 nitrogen and oxygen atoms in total. The summed E-state index contributed by atoms with van der Waals surface area (Å²) in [5.41, 5.74) is 1.30. The normalized spacial score (nSPS) is 18.7. The van der Waals surface area contributed by atoms with Gasteiger partial charge in [-0.05, 0) is 43.9 Å². The lowest BCUT2D eigenvalue weighted by atomic mass is 9.89. The highest BCUT2D eigenvalue weighted by molar-refractivity contribution is 6.35. The summed E-state index contributed by atoms with van der Waals surface area (Å²) < 4.78 is 0. The number of fused-ring (bicyclic) bond motifs is 1. The Bertz CT molecular complexity index is 1050. The van der Waals surface area contributed by atoms with Gasteiger partial charge in [0.1, 0.15) is 18.2 Å². The Labute approximate surface area is 190 Å². The second-order valence-electron chi connectivity index (χ2n) is 7.98. The number of rotatable bonds is 7.